The minimum atomic E-state index is -0.666. The lowest BCUT2D eigenvalue weighted by molar-refractivity contribution is -0.136. The van der Waals surface area contributed by atoms with Crippen LogP contribution in [0, 0.1) is 12.8 Å². The summed E-state index contributed by atoms with van der Waals surface area (Å²) in [5.41, 5.74) is 2.80. The van der Waals surface area contributed by atoms with Crippen molar-refractivity contribution in [3.05, 3.63) is 58.6 Å². The summed E-state index contributed by atoms with van der Waals surface area (Å²) in [5.74, 6) is -0.883. The Morgan fingerprint density at radius 1 is 1.13 bits per heavy atom. The maximum absolute atomic E-state index is 12.1. The number of amides is 2. The highest BCUT2D eigenvalue weighted by Gasteiger charge is 2.22. The highest BCUT2D eigenvalue weighted by Crippen LogP contribution is 2.24. The van der Waals surface area contributed by atoms with Crippen LogP contribution in [0.3, 0.4) is 0 Å². The molecule has 2 amide bonds. The zero-order valence-corrected chi connectivity index (χ0v) is 19.0. The molecule has 2 aromatic rings. The summed E-state index contributed by atoms with van der Waals surface area (Å²) in [6.45, 7) is 5.36. The van der Waals surface area contributed by atoms with E-state index in [4.69, 9.17) is 11.6 Å². The Morgan fingerprint density at radius 2 is 1.87 bits per heavy atom. The Labute approximate surface area is 187 Å². The van der Waals surface area contributed by atoms with Crippen molar-refractivity contribution in [3.8, 4) is 0 Å². The average molecular weight is 446 g/mol. The summed E-state index contributed by atoms with van der Waals surface area (Å²) in [5, 5.41) is 5.93. The predicted molar refractivity (Wildman–Crippen MR) is 124 cm³/mol. The number of piperidine rings is 1. The van der Waals surface area contributed by atoms with Gasteiger partial charge in [0.05, 0.1) is 0 Å². The number of hydrogen-bond acceptors (Lipinski definition) is 4. The largest absolute Gasteiger partial charge is 0.348 e. The first-order valence-electron chi connectivity index (χ1n) is 10.2. The van der Waals surface area contributed by atoms with E-state index in [1.54, 1.807) is 30.0 Å². The van der Waals surface area contributed by atoms with Gasteiger partial charge in [0, 0.05) is 28.7 Å². The van der Waals surface area contributed by atoms with E-state index in [0.717, 1.165) is 38.0 Å². The minimum absolute atomic E-state index is 0.391. The van der Waals surface area contributed by atoms with Gasteiger partial charge in [0.15, 0.2) is 0 Å². The number of carbonyl (C=O) groups is 2. The van der Waals surface area contributed by atoms with E-state index in [0.29, 0.717) is 23.2 Å². The maximum atomic E-state index is 12.1. The Morgan fingerprint density at radius 3 is 2.57 bits per heavy atom. The van der Waals surface area contributed by atoms with E-state index in [1.165, 1.54) is 10.5 Å². The molecule has 1 fully saturated rings. The Bertz CT molecular complexity index is 898. The number of nitrogens with zero attached hydrogens (tertiary/aromatic N) is 1. The van der Waals surface area contributed by atoms with E-state index >= 15 is 0 Å². The van der Waals surface area contributed by atoms with Gasteiger partial charge in [-0.05, 0) is 74.4 Å². The highest BCUT2D eigenvalue weighted by atomic mass is 35.5. The molecule has 0 saturated carbocycles. The van der Waals surface area contributed by atoms with Crippen molar-refractivity contribution in [2.45, 2.75) is 31.2 Å². The lowest BCUT2D eigenvalue weighted by Crippen LogP contribution is -2.41. The van der Waals surface area contributed by atoms with Gasteiger partial charge >= 0.3 is 11.8 Å². The van der Waals surface area contributed by atoms with Crippen LogP contribution in [-0.4, -0.2) is 42.6 Å². The minimum Gasteiger partial charge on any atom is -0.348 e. The Kier molecular flexibility index (Phi) is 8.19. The third kappa shape index (κ3) is 6.24. The third-order valence-electron chi connectivity index (χ3n) is 5.48. The van der Waals surface area contributed by atoms with Gasteiger partial charge in [0.2, 0.25) is 0 Å². The number of rotatable bonds is 6. The second-order valence-electron chi connectivity index (χ2n) is 7.66. The van der Waals surface area contributed by atoms with Gasteiger partial charge in [0.25, 0.3) is 0 Å². The monoisotopic (exact) mass is 445 g/mol. The zero-order chi connectivity index (χ0) is 21.5. The molecule has 160 valence electrons. The second-order valence-corrected chi connectivity index (χ2v) is 8.91. The quantitative estimate of drug-likeness (QED) is 0.513. The van der Waals surface area contributed by atoms with Crippen molar-refractivity contribution in [2.75, 3.05) is 31.2 Å². The van der Waals surface area contributed by atoms with Crippen LogP contribution in [0.5, 0.6) is 0 Å². The molecule has 0 atom stereocenters. The molecule has 0 bridgehead atoms. The molecule has 0 spiro atoms. The molecule has 0 aromatic heterocycles. The summed E-state index contributed by atoms with van der Waals surface area (Å²) >= 11 is 7.84. The standard InChI is InChI=1S/C23H28ClN3O2S/c1-16-7-8-19(13-20(16)24)26-23(29)22(28)25-14-17-9-11-27(12-10-17)15-18-5-3-4-6-21(18)30-2/h3-8,13,17H,9-12,14-15H2,1-2H3,(H,25,28)(H,26,29). The van der Waals surface area contributed by atoms with Gasteiger partial charge in [-0.15, -0.1) is 11.8 Å². The molecule has 2 N–H and O–H groups in total. The lowest BCUT2D eigenvalue weighted by Gasteiger charge is -2.32. The van der Waals surface area contributed by atoms with Crippen LogP contribution in [0.1, 0.15) is 24.0 Å². The van der Waals surface area contributed by atoms with E-state index < -0.39 is 11.8 Å². The molecule has 7 heteroatoms. The molecule has 2 aromatic carbocycles. The summed E-state index contributed by atoms with van der Waals surface area (Å²) in [6.07, 6.45) is 4.13. The molecular formula is C23H28ClN3O2S. The van der Waals surface area contributed by atoms with E-state index in [9.17, 15) is 9.59 Å². The number of nitrogens with one attached hydrogen (secondary N) is 2. The molecule has 0 radical (unpaired) electrons. The smallest absolute Gasteiger partial charge is 0.313 e. The lowest BCUT2D eigenvalue weighted by atomic mass is 9.96. The molecule has 1 aliphatic heterocycles. The van der Waals surface area contributed by atoms with Gasteiger partial charge in [-0.25, -0.2) is 0 Å². The number of likely N-dealkylation sites (tertiary alicyclic amines) is 1. The fraction of sp³-hybridized carbons (Fsp3) is 0.391. The van der Waals surface area contributed by atoms with Crippen molar-refractivity contribution in [3.63, 3.8) is 0 Å². The normalized spacial score (nSPS) is 15.0. The van der Waals surface area contributed by atoms with E-state index in [2.05, 4.69) is 46.1 Å². The molecular weight excluding hydrogens is 418 g/mol. The predicted octanol–water partition coefficient (Wildman–Crippen LogP) is 4.34. The van der Waals surface area contributed by atoms with Crippen molar-refractivity contribution in [1.29, 1.82) is 0 Å². The molecule has 1 heterocycles. The van der Waals surface area contributed by atoms with Gasteiger partial charge in [-0.1, -0.05) is 35.9 Å². The number of thioether (sulfide) groups is 1. The summed E-state index contributed by atoms with van der Waals surface area (Å²) in [7, 11) is 0. The van der Waals surface area contributed by atoms with Crippen LogP contribution in [-0.2, 0) is 16.1 Å². The molecule has 5 nitrogen and oxygen atoms in total. The Balaban J connectivity index is 1.41. The molecule has 0 unspecified atom stereocenters. The topological polar surface area (TPSA) is 61.4 Å². The van der Waals surface area contributed by atoms with E-state index in [1.807, 2.05) is 6.92 Å². The number of carbonyl (C=O) groups excluding carboxylic acids is 2. The van der Waals surface area contributed by atoms with Crippen molar-refractivity contribution in [2.24, 2.45) is 5.92 Å². The van der Waals surface area contributed by atoms with Crippen molar-refractivity contribution in [1.82, 2.24) is 10.2 Å². The number of hydrogen-bond donors (Lipinski definition) is 2. The van der Waals surface area contributed by atoms with Crippen LogP contribution in [0.2, 0.25) is 5.02 Å². The first kappa shape index (κ1) is 22.7. The Hall–Kier alpha value is -2.02. The summed E-state index contributed by atoms with van der Waals surface area (Å²) < 4.78 is 0. The third-order valence-corrected chi connectivity index (χ3v) is 6.73. The highest BCUT2D eigenvalue weighted by molar-refractivity contribution is 7.98. The number of anilines is 1. The molecule has 30 heavy (non-hydrogen) atoms. The summed E-state index contributed by atoms with van der Waals surface area (Å²) in [6, 6.07) is 13.7. The second kappa shape index (κ2) is 10.8. The van der Waals surface area contributed by atoms with Gasteiger partial charge < -0.3 is 10.6 Å². The number of halogens is 1. The van der Waals surface area contributed by atoms with Crippen molar-refractivity contribution >= 4 is 40.9 Å². The van der Waals surface area contributed by atoms with Crippen LogP contribution < -0.4 is 10.6 Å². The molecule has 3 rings (SSSR count). The first-order chi connectivity index (χ1) is 14.5. The number of benzene rings is 2. The fourth-order valence-corrected chi connectivity index (χ4v) is 4.39. The van der Waals surface area contributed by atoms with Crippen LogP contribution in [0.15, 0.2) is 47.4 Å². The molecule has 0 aliphatic carbocycles. The average Bonchev–Trinajstić information content (AvgIpc) is 2.76. The molecule has 1 saturated heterocycles. The first-order valence-corrected chi connectivity index (χ1v) is 11.8. The van der Waals surface area contributed by atoms with Crippen LogP contribution in [0.25, 0.3) is 0 Å². The van der Waals surface area contributed by atoms with Gasteiger partial charge in [-0.3, -0.25) is 14.5 Å². The summed E-state index contributed by atoms with van der Waals surface area (Å²) in [4.78, 5) is 28.1. The van der Waals surface area contributed by atoms with Crippen LogP contribution in [0.4, 0.5) is 5.69 Å². The van der Waals surface area contributed by atoms with E-state index in [-0.39, 0.29) is 0 Å². The zero-order valence-electron chi connectivity index (χ0n) is 17.4. The van der Waals surface area contributed by atoms with Crippen LogP contribution >= 0.6 is 23.4 Å². The van der Waals surface area contributed by atoms with Crippen molar-refractivity contribution < 1.29 is 9.59 Å². The number of aryl methyl sites for hydroxylation is 1. The molecule has 1 aliphatic rings. The SMILES string of the molecule is CSc1ccccc1CN1CCC(CNC(=O)C(=O)Nc2ccc(C)c(Cl)c2)CC1. The van der Waals surface area contributed by atoms with Gasteiger partial charge in [0.1, 0.15) is 0 Å². The fourth-order valence-electron chi connectivity index (χ4n) is 3.60. The maximum Gasteiger partial charge on any atom is 0.313 e. The van der Waals surface area contributed by atoms with Gasteiger partial charge in [-0.2, -0.15) is 0 Å².